The van der Waals surface area contributed by atoms with Gasteiger partial charge in [0.2, 0.25) is 5.88 Å². The van der Waals surface area contributed by atoms with Gasteiger partial charge in [0.25, 0.3) is 0 Å². The SMILES string of the molecule is COc1nccnc1CN1CCNCC1C.Cl. The number of ether oxygens (including phenoxy) is 1. The number of piperazine rings is 1. The average molecular weight is 259 g/mol. The third-order valence-corrected chi connectivity index (χ3v) is 2.92. The van der Waals surface area contributed by atoms with Gasteiger partial charge in [-0.2, -0.15) is 0 Å². The normalized spacial score (nSPS) is 20.7. The van der Waals surface area contributed by atoms with E-state index in [1.165, 1.54) is 0 Å². The molecule has 1 aromatic rings. The van der Waals surface area contributed by atoms with E-state index in [2.05, 4.69) is 27.1 Å². The third kappa shape index (κ3) is 3.52. The lowest BCUT2D eigenvalue weighted by Crippen LogP contribution is -2.49. The largest absolute Gasteiger partial charge is 0.480 e. The summed E-state index contributed by atoms with van der Waals surface area (Å²) < 4.78 is 5.21. The summed E-state index contributed by atoms with van der Waals surface area (Å²) in [4.78, 5) is 10.9. The van der Waals surface area contributed by atoms with E-state index < -0.39 is 0 Å². The average Bonchev–Trinajstić information content (AvgIpc) is 2.33. The minimum Gasteiger partial charge on any atom is -0.480 e. The minimum absolute atomic E-state index is 0. The first-order chi connectivity index (χ1) is 7.81. The molecule has 1 aromatic heterocycles. The quantitative estimate of drug-likeness (QED) is 0.865. The van der Waals surface area contributed by atoms with E-state index in [1.807, 2.05) is 0 Å². The molecule has 1 saturated heterocycles. The second kappa shape index (κ2) is 6.74. The van der Waals surface area contributed by atoms with Gasteiger partial charge in [0.1, 0.15) is 5.69 Å². The molecular formula is C11H19ClN4O. The van der Waals surface area contributed by atoms with E-state index in [9.17, 15) is 0 Å². The Balaban J connectivity index is 0.00000144. The Labute approximate surface area is 108 Å². The molecule has 17 heavy (non-hydrogen) atoms. The van der Waals surface area contributed by atoms with Gasteiger partial charge in [-0.15, -0.1) is 12.4 Å². The number of rotatable bonds is 3. The van der Waals surface area contributed by atoms with Crippen LogP contribution >= 0.6 is 12.4 Å². The molecule has 6 heteroatoms. The first-order valence-corrected chi connectivity index (χ1v) is 5.60. The lowest BCUT2D eigenvalue weighted by molar-refractivity contribution is 0.161. The van der Waals surface area contributed by atoms with E-state index in [0.717, 1.165) is 31.9 Å². The summed E-state index contributed by atoms with van der Waals surface area (Å²) >= 11 is 0. The zero-order valence-electron chi connectivity index (χ0n) is 10.2. The second-order valence-electron chi connectivity index (χ2n) is 4.04. The summed E-state index contributed by atoms with van der Waals surface area (Å²) in [5.41, 5.74) is 0.916. The molecule has 1 aliphatic rings. The van der Waals surface area contributed by atoms with Gasteiger partial charge in [-0.1, -0.05) is 0 Å². The molecule has 0 bridgehead atoms. The molecule has 0 spiro atoms. The Morgan fingerprint density at radius 1 is 1.47 bits per heavy atom. The van der Waals surface area contributed by atoms with Crippen LogP contribution in [0.5, 0.6) is 5.88 Å². The Morgan fingerprint density at radius 3 is 2.94 bits per heavy atom. The monoisotopic (exact) mass is 258 g/mol. The van der Waals surface area contributed by atoms with Crippen molar-refractivity contribution in [2.45, 2.75) is 19.5 Å². The number of hydrogen-bond acceptors (Lipinski definition) is 5. The third-order valence-electron chi connectivity index (χ3n) is 2.92. The number of halogens is 1. The molecular weight excluding hydrogens is 240 g/mol. The second-order valence-corrected chi connectivity index (χ2v) is 4.04. The zero-order valence-corrected chi connectivity index (χ0v) is 11.0. The molecule has 0 aliphatic carbocycles. The highest BCUT2D eigenvalue weighted by atomic mass is 35.5. The molecule has 0 radical (unpaired) electrons. The van der Waals surface area contributed by atoms with Gasteiger partial charge >= 0.3 is 0 Å². The number of nitrogens with one attached hydrogen (secondary N) is 1. The highest BCUT2D eigenvalue weighted by Gasteiger charge is 2.19. The van der Waals surface area contributed by atoms with Crippen molar-refractivity contribution in [1.82, 2.24) is 20.2 Å². The highest BCUT2D eigenvalue weighted by Crippen LogP contribution is 2.15. The van der Waals surface area contributed by atoms with Crippen LogP contribution in [0.2, 0.25) is 0 Å². The van der Waals surface area contributed by atoms with Crippen molar-refractivity contribution >= 4 is 12.4 Å². The molecule has 0 amide bonds. The maximum Gasteiger partial charge on any atom is 0.236 e. The van der Waals surface area contributed by atoms with Crippen LogP contribution in [0.15, 0.2) is 12.4 Å². The van der Waals surface area contributed by atoms with Crippen LogP contribution in [0, 0.1) is 0 Å². The fourth-order valence-corrected chi connectivity index (χ4v) is 1.94. The number of hydrogen-bond donors (Lipinski definition) is 1. The van der Waals surface area contributed by atoms with Crippen molar-refractivity contribution in [3.05, 3.63) is 18.1 Å². The van der Waals surface area contributed by atoms with Gasteiger partial charge in [0, 0.05) is 44.6 Å². The standard InChI is InChI=1S/C11H18N4O.ClH/c1-9-7-12-5-6-15(9)8-10-11(16-2)14-4-3-13-10;/h3-4,9,12H,5-8H2,1-2H3;1H. The molecule has 0 saturated carbocycles. The highest BCUT2D eigenvalue weighted by molar-refractivity contribution is 5.85. The maximum absolute atomic E-state index is 5.21. The zero-order chi connectivity index (χ0) is 11.4. The van der Waals surface area contributed by atoms with E-state index in [1.54, 1.807) is 19.5 Å². The Hall–Kier alpha value is -0.910. The summed E-state index contributed by atoms with van der Waals surface area (Å²) in [6.07, 6.45) is 3.37. The summed E-state index contributed by atoms with van der Waals surface area (Å²) in [5.74, 6) is 0.633. The molecule has 5 nitrogen and oxygen atoms in total. The summed E-state index contributed by atoms with van der Waals surface area (Å²) in [6, 6.07) is 0.528. The van der Waals surface area contributed by atoms with E-state index in [4.69, 9.17) is 4.74 Å². The maximum atomic E-state index is 5.21. The van der Waals surface area contributed by atoms with Crippen LogP contribution < -0.4 is 10.1 Å². The predicted octanol–water partition coefficient (Wildman–Crippen LogP) is 0.701. The van der Waals surface area contributed by atoms with Crippen molar-refractivity contribution in [3.8, 4) is 5.88 Å². The Bertz CT molecular complexity index is 350. The Kier molecular flexibility index (Phi) is 5.61. The summed E-state index contributed by atoms with van der Waals surface area (Å²) in [5, 5.41) is 3.37. The topological polar surface area (TPSA) is 50.3 Å². The molecule has 1 fully saturated rings. The van der Waals surface area contributed by atoms with Crippen molar-refractivity contribution in [2.24, 2.45) is 0 Å². The van der Waals surface area contributed by atoms with Crippen LogP contribution in [0.3, 0.4) is 0 Å². The first-order valence-electron chi connectivity index (χ1n) is 5.60. The fourth-order valence-electron chi connectivity index (χ4n) is 1.94. The van der Waals surface area contributed by atoms with Crippen LogP contribution in [0.25, 0.3) is 0 Å². The predicted molar refractivity (Wildman–Crippen MR) is 68.6 cm³/mol. The minimum atomic E-state index is 0. The molecule has 1 N–H and O–H groups in total. The smallest absolute Gasteiger partial charge is 0.236 e. The molecule has 2 heterocycles. The molecule has 2 rings (SSSR count). The van der Waals surface area contributed by atoms with Gasteiger partial charge in [-0.25, -0.2) is 4.98 Å². The number of nitrogens with zero attached hydrogens (tertiary/aromatic N) is 3. The van der Waals surface area contributed by atoms with Gasteiger partial charge in [-0.05, 0) is 6.92 Å². The van der Waals surface area contributed by atoms with Crippen molar-refractivity contribution in [1.29, 1.82) is 0 Å². The van der Waals surface area contributed by atoms with Gasteiger partial charge in [-0.3, -0.25) is 9.88 Å². The van der Waals surface area contributed by atoms with Crippen LogP contribution in [-0.4, -0.2) is 47.7 Å². The molecule has 1 aliphatic heterocycles. The number of aromatic nitrogens is 2. The summed E-state index contributed by atoms with van der Waals surface area (Å²) in [6.45, 7) is 6.13. The molecule has 1 atom stereocenters. The van der Waals surface area contributed by atoms with Crippen LogP contribution in [0.4, 0.5) is 0 Å². The van der Waals surface area contributed by atoms with Crippen LogP contribution in [-0.2, 0) is 6.54 Å². The molecule has 0 aromatic carbocycles. The van der Waals surface area contributed by atoms with E-state index in [0.29, 0.717) is 11.9 Å². The lowest BCUT2D eigenvalue weighted by atomic mass is 10.2. The van der Waals surface area contributed by atoms with E-state index >= 15 is 0 Å². The van der Waals surface area contributed by atoms with Gasteiger partial charge < -0.3 is 10.1 Å². The van der Waals surface area contributed by atoms with Crippen LogP contribution in [0.1, 0.15) is 12.6 Å². The van der Waals surface area contributed by atoms with E-state index in [-0.39, 0.29) is 12.4 Å². The molecule has 96 valence electrons. The van der Waals surface area contributed by atoms with Crippen molar-refractivity contribution in [3.63, 3.8) is 0 Å². The van der Waals surface area contributed by atoms with Crippen molar-refractivity contribution in [2.75, 3.05) is 26.7 Å². The fraction of sp³-hybridized carbons (Fsp3) is 0.636. The first kappa shape index (κ1) is 14.2. The number of methoxy groups -OCH3 is 1. The van der Waals surface area contributed by atoms with Gasteiger partial charge in [0.05, 0.1) is 7.11 Å². The summed E-state index contributed by atoms with van der Waals surface area (Å²) in [7, 11) is 1.63. The molecule has 1 unspecified atom stereocenters. The Morgan fingerprint density at radius 2 is 2.24 bits per heavy atom. The van der Waals surface area contributed by atoms with Gasteiger partial charge in [0.15, 0.2) is 0 Å². The lowest BCUT2D eigenvalue weighted by Gasteiger charge is -2.33. The van der Waals surface area contributed by atoms with Crippen molar-refractivity contribution < 1.29 is 4.74 Å².